The van der Waals surface area contributed by atoms with E-state index in [0.717, 1.165) is 5.69 Å². The number of aromatic nitrogens is 2. The number of methoxy groups -OCH3 is 1. The number of urea groups is 1. The van der Waals surface area contributed by atoms with Gasteiger partial charge >= 0.3 is 6.03 Å². The molecule has 1 aromatic heterocycles. The van der Waals surface area contributed by atoms with Crippen molar-refractivity contribution in [1.29, 1.82) is 0 Å². The van der Waals surface area contributed by atoms with Crippen molar-refractivity contribution in [2.75, 3.05) is 19.0 Å². The smallest absolute Gasteiger partial charge is 0.345 e. The predicted molar refractivity (Wildman–Crippen MR) is 102 cm³/mol. The normalized spacial score (nSPS) is 11.1. The zero-order valence-corrected chi connectivity index (χ0v) is 15.1. The lowest BCUT2D eigenvalue weighted by atomic mass is 10.3. The Kier molecular flexibility index (Phi) is 5.84. The molecular weight excluding hydrogens is 344 g/mol. The molecule has 0 atom stereocenters. The first-order valence-corrected chi connectivity index (χ1v) is 8.47. The third-order valence-corrected chi connectivity index (χ3v) is 3.63. The topological polar surface area (TPSA) is 77.7 Å². The maximum Gasteiger partial charge on any atom is 0.345 e. The second-order valence-corrected chi connectivity index (χ2v) is 5.51. The number of nitrogens with one attached hydrogen (secondary N) is 1. The van der Waals surface area contributed by atoms with Crippen LogP contribution in [0.4, 0.5) is 10.5 Å². The quantitative estimate of drug-likeness (QED) is 0.752. The highest BCUT2D eigenvalue weighted by molar-refractivity contribution is 5.90. The second kappa shape index (κ2) is 8.66. The van der Waals surface area contributed by atoms with E-state index in [4.69, 9.17) is 9.47 Å². The van der Waals surface area contributed by atoms with Gasteiger partial charge < -0.3 is 14.8 Å². The Bertz CT molecular complexity index is 984. The van der Waals surface area contributed by atoms with Crippen LogP contribution in [0.5, 0.6) is 11.6 Å². The van der Waals surface area contributed by atoms with Crippen LogP contribution < -0.4 is 20.1 Å². The molecule has 3 rings (SSSR count). The van der Waals surface area contributed by atoms with Gasteiger partial charge in [-0.25, -0.2) is 9.48 Å². The Labute approximate surface area is 156 Å². The van der Waals surface area contributed by atoms with Gasteiger partial charge in [0, 0.05) is 17.8 Å². The van der Waals surface area contributed by atoms with Crippen LogP contribution in [0.25, 0.3) is 5.69 Å². The maximum atomic E-state index is 12.2. The zero-order valence-electron chi connectivity index (χ0n) is 15.1. The van der Waals surface area contributed by atoms with Gasteiger partial charge in [0.15, 0.2) is 0 Å². The van der Waals surface area contributed by atoms with Crippen LogP contribution in [-0.4, -0.2) is 29.5 Å². The van der Waals surface area contributed by atoms with E-state index in [-0.39, 0.29) is 0 Å². The molecule has 7 heteroatoms. The summed E-state index contributed by atoms with van der Waals surface area (Å²) in [4.78, 5) is 16.3. The first-order chi connectivity index (χ1) is 13.2. The summed E-state index contributed by atoms with van der Waals surface area (Å²) in [5, 5.41) is 7.45. The fourth-order valence-corrected chi connectivity index (χ4v) is 2.44. The molecule has 2 aromatic carbocycles. The first-order valence-electron chi connectivity index (χ1n) is 8.47. The van der Waals surface area contributed by atoms with E-state index >= 15 is 0 Å². The lowest BCUT2D eigenvalue weighted by Crippen LogP contribution is -2.17. The van der Waals surface area contributed by atoms with E-state index in [1.807, 2.05) is 37.3 Å². The van der Waals surface area contributed by atoms with Crippen molar-refractivity contribution in [1.82, 2.24) is 9.78 Å². The largest absolute Gasteiger partial charge is 0.497 e. The van der Waals surface area contributed by atoms with Crippen LogP contribution in [0, 0.1) is 0 Å². The van der Waals surface area contributed by atoms with E-state index in [0.29, 0.717) is 29.3 Å². The van der Waals surface area contributed by atoms with E-state index in [9.17, 15) is 4.79 Å². The van der Waals surface area contributed by atoms with Crippen LogP contribution in [-0.2, 0) is 0 Å². The highest BCUT2D eigenvalue weighted by atomic mass is 16.5. The Morgan fingerprint density at radius 3 is 2.70 bits per heavy atom. The highest BCUT2D eigenvalue weighted by Crippen LogP contribution is 2.17. The predicted octanol–water partition coefficient (Wildman–Crippen LogP) is 3.41. The number of para-hydroxylation sites is 1. The maximum absolute atomic E-state index is 12.2. The molecule has 1 N–H and O–H groups in total. The van der Waals surface area contributed by atoms with E-state index in [2.05, 4.69) is 15.4 Å². The van der Waals surface area contributed by atoms with Crippen molar-refractivity contribution < 1.29 is 14.3 Å². The number of benzene rings is 2. The molecule has 27 heavy (non-hydrogen) atoms. The van der Waals surface area contributed by atoms with Gasteiger partial charge in [-0.15, -0.1) is 0 Å². The summed E-state index contributed by atoms with van der Waals surface area (Å²) in [5.74, 6) is 1.15. The standard InChI is InChI=1S/C20H20N4O3/c1-3-27-19-13-16(14-21-24(19)17-9-5-4-6-10-17)23-20(25)22-15-8-7-11-18(12-15)26-2/h4-14H,3H2,1-2H3,(H,22,25)/b23-16-. The third kappa shape index (κ3) is 4.72. The summed E-state index contributed by atoms with van der Waals surface area (Å²) in [6.45, 7) is 2.35. The minimum absolute atomic E-state index is 0.394. The number of carbonyl (C=O) groups is 1. The molecular formula is C20H20N4O3. The van der Waals surface area contributed by atoms with Crippen LogP contribution in [0.2, 0.25) is 0 Å². The lowest BCUT2D eigenvalue weighted by molar-refractivity contribution is 0.259. The number of nitrogens with zero attached hydrogens (tertiary/aromatic N) is 3. The molecule has 7 nitrogen and oxygen atoms in total. The number of rotatable bonds is 5. The fraction of sp³-hybridized carbons (Fsp3) is 0.150. The molecule has 0 bridgehead atoms. The average Bonchev–Trinajstić information content (AvgIpc) is 2.69. The zero-order chi connectivity index (χ0) is 19.1. The molecule has 1 heterocycles. The van der Waals surface area contributed by atoms with Crippen LogP contribution >= 0.6 is 0 Å². The third-order valence-electron chi connectivity index (χ3n) is 3.63. The highest BCUT2D eigenvalue weighted by Gasteiger charge is 2.06. The summed E-state index contributed by atoms with van der Waals surface area (Å²) in [6.07, 6.45) is 1.51. The van der Waals surface area contributed by atoms with Crippen molar-refractivity contribution in [3.63, 3.8) is 0 Å². The van der Waals surface area contributed by atoms with Crippen LogP contribution in [0.3, 0.4) is 0 Å². The fourth-order valence-electron chi connectivity index (χ4n) is 2.44. The van der Waals surface area contributed by atoms with Gasteiger partial charge in [0.1, 0.15) is 5.75 Å². The van der Waals surface area contributed by atoms with Gasteiger partial charge in [0.2, 0.25) is 5.88 Å². The Morgan fingerprint density at radius 1 is 1.15 bits per heavy atom. The lowest BCUT2D eigenvalue weighted by Gasteiger charge is -2.11. The van der Waals surface area contributed by atoms with Gasteiger partial charge in [0.05, 0.1) is 31.0 Å². The molecule has 2 amide bonds. The molecule has 0 radical (unpaired) electrons. The number of hydrogen-bond donors (Lipinski definition) is 1. The molecule has 0 unspecified atom stereocenters. The van der Waals surface area contributed by atoms with Crippen molar-refractivity contribution in [2.45, 2.75) is 6.92 Å². The van der Waals surface area contributed by atoms with Gasteiger partial charge in [-0.1, -0.05) is 24.3 Å². The van der Waals surface area contributed by atoms with Crippen molar-refractivity contribution in [3.8, 4) is 17.3 Å². The summed E-state index contributed by atoms with van der Waals surface area (Å²) < 4.78 is 12.5. The molecule has 0 spiro atoms. The summed E-state index contributed by atoms with van der Waals surface area (Å²) in [6, 6.07) is 17.8. The molecule has 0 saturated heterocycles. The second-order valence-electron chi connectivity index (χ2n) is 5.51. The molecule has 3 aromatic rings. The average molecular weight is 364 g/mol. The Balaban J connectivity index is 1.87. The van der Waals surface area contributed by atoms with Gasteiger partial charge in [-0.05, 0) is 31.2 Å². The molecule has 0 aliphatic carbocycles. The van der Waals surface area contributed by atoms with E-state index in [1.165, 1.54) is 6.20 Å². The molecule has 0 saturated carbocycles. The minimum Gasteiger partial charge on any atom is -0.497 e. The summed E-state index contributed by atoms with van der Waals surface area (Å²) >= 11 is 0. The van der Waals surface area contributed by atoms with Gasteiger partial charge in [-0.2, -0.15) is 10.1 Å². The molecule has 0 aliphatic rings. The summed E-state index contributed by atoms with van der Waals surface area (Å²) in [5.41, 5.74) is 1.45. The van der Waals surface area contributed by atoms with Crippen LogP contribution in [0.15, 0.2) is 71.9 Å². The molecule has 138 valence electrons. The minimum atomic E-state index is -0.509. The summed E-state index contributed by atoms with van der Waals surface area (Å²) in [7, 11) is 1.57. The Morgan fingerprint density at radius 2 is 1.96 bits per heavy atom. The molecule has 0 aliphatic heterocycles. The van der Waals surface area contributed by atoms with Crippen LogP contribution in [0.1, 0.15) is 6.92 Å². The van der Waals surface area contributed by atoms with Crippen molar-refractivity contribution >= 4 is 11.7 Å². The number of hydrogen-bond acceptors (Lipinski definition) is 4. The number of carbonyl (C=O) groups excluding carboxylic acids is 1. The van der Waals surface area contributed by atoms with E-state index in [1.54, 1.807) is 42.1 Å². The number of anilines is 1. The van der Waals surface area contributed by atoms with Crippen molar-refractivity contribution in [2.24, 2.45) is 4.99 Å². The van der Waals surface area contributed by atoms with Gasteiger partial charge in [-0.3, -0.25) is 0 Å². The molecule has 0 fully saturated rings. The van der Waals surface area contributed by atoms with E-state index < -0.39 is 6.03 Å². The van der Waals surface area contributed by atoms with Crippen molar-refractivity contribution in [3.05, 3.63) is 72.2 Å². The first kappa shape index (κ1) is 18.2. The SMILES string of the molecule is CCOc1c/c(=N/C(=O)Nc2cccc(OC)c2)cnn1-c1ccccc1. The number of amides is 2. The van der Waals surface area contributed by atoms with Gasteiger partial charge in [0.25, 0.3) is 0 Å². The monoisotopic (exact) mass is 364 g/mol. The number of ether oxygens (including phenoxy) is 2. The Hall–Kier alpha value is -3.61.